The molecule has 2 rings (SSSR count). The van der Waals surface area contributed by atoms with E-state index in [2.05, 4.69) is 9.72 Å². The fourth-order valence-corrected chi connectivity index (χ4v) is 1.96. The van der Waals surface area contributed by atoms with Crippen LogP contribution in [0.3, 0.4) is 0 Å². The maximum atomic E-state index is 11.5. The highest BCUT2D eigenvalue weighted by Crippen LogP contribution is 2.22. The summed E-state index contributed by atoms with van der Waals surface area (Å²) in [4.78, 5) is 15.4. The van der Waals surface area contributed by atoms with Crippen LogP contribution in [0.1, 0.15) is 24.2 Å². The molecular weight excluding hydrogens is 298 g/mol. The molecule has 6 nitrogen and oxygen atoms in total. The van der Waals surface area contributed by atoms with Gasteiger partial charge in [-0.1, -0.05) is 30.3 Å². The Morgan fingerprint density at radius 1 is 1.22 bits per heavy atom. The molecule has 2 N–H and O–H groups in total. The highest BCUT2D eigenvalue weighted by Gasteiger charge is 2.27. The Labute approximate surface area is 134 Å². The van der Waals surface area contributed by atoms with Crippen LogP contribution in [-0.2, 0) is 16.1 Å². The van der Waals surface area contributed by atoms with Crippen molar-refractivity contribution in [2.45, 2.75) is 25.7 Å². The molecule has 0 spiro atoms. The molecule has 1 aromatic heterocycles. The molecule has 0 aliphatic carbocycles. The van der Waals surface area contributed by atoms with E-state index in [4.69, 9.17) is 4.74 Å². The van der Waals surface area contributed by atoms with E-state index in [9.17, 15) is 15.0 Å². The lowest BCUT2D eigenvalue weighted by Crippen LogP contribution is -2.30. The molecule has 2 unspecified atom stereocenters. The molecule has 23 heavy (non-hydrogen) atoms. The van der Waals surface area contributed by atoms with E-state index in [1.165, 1.54) is 18.5 Å². The number of hydrogen-bond acceptors (Lipinski definition) is 6. The maximum Gasteiger partial charge on any atom is 0.338 e. The fraction of sp³-hybridized carbons (Fsp3) is 0.294. The molecule has 1 heterocycles. The number of benzene rings is 1. The van der Waals surface area contributed by atoms with Crippen molar-refractivity contribution in [1.29, 1.82) is 0 Å². The van der Waals surface area contributed by atoms with Crippen molar-refractivity contribution >= 4 is 5.97 Å². The number of nitrogens with zero attached hydrogens (tertiary/aromatic N) is 1. The summed E-state index contributed by atoms with van der Waals surface area (Å²) >= 11 is 0. The topological polar surface area (TPSA) is 88.9 Å². The van der Waals surface area contributed by atoms with Gasteiger partial charge in [0.05, 0.1) is 12.8 Å². The van der Waals surface area contributed by atoms with Gasteiger partial charge in [-0.25, -0.2) is 4.79 Å². The number of carbonyl (C=O) groups is 1. The minimum Gasteiger partial charge on any atom is -0.487 e. The van der Waals surface area contributed by atoms with Gasteiger partial charge in [0.15, 0.2) is 6.10 Å². The van der Waals surface area contributed by atoms with Crippen LogP contribution in [0.25, 0.3) is 0 Å². The van der Waals surface area contributed by atoms with Crippen LogP contribution >= 0.6 is 0 Å². The standard InChI is InChI=1S/C17H19NO5/c1-2-22-17(21)16(20)15(19)13-8-14(10-18-9-13)23-11-12-6-4-3-5-7-12/h3-10,15-16,19-20H,2,11H2,1H3. The molecule has 0 fully saturated rings. The molecule has 6 heteroatoms. The maximum absolute atomic E-state index is 11.5. The van der Waals surface area contributed by atoms with Gasteiger partial charge >= 0.3 is 5.97 Å². The summed E-state index contributed by atoms with van der Waals surface area (Å²) in [6.45, 7) is 2.10. The summed E-state index contributed by atoms with van der Waals surface area (Å²) in [5.41, 5.74) is 1.26. The van der Waals surface area contributed by atoms with E-state index < -0.39 is 18.2 Å². The Balaban J connectivity index is 2.02. The molecule has 0 radical (unpaired) electrons. The molecule has 2 aromatic rings. The largest absolute Gasteiger partial charge is 0.487 e. The molecule has 122 valence electrons. The van der Waals surface area contributed by atoms with Gasteiger partial charge in [0, 0.05) is 11.8 Å². The SMILES string of the molecule is CCOC(=O)C(O)C(O)c1cncc(OCc2ccccc2)c1. The highest BCUT2D eigenvalue weighted by molar-refractivity contribution is 5.75. The average Bonchev–Trinajstić information content (AvgIpc) is 2.60. The molecule has 0 bridgehead atoms. The lowest BCUT2D eigenvalue weighted by Gasteiger charge is -2.17. The van der Waals surface area contributed by atoms with Crippen molar-refractivity contribution in [2.75, 3.05) is 6.61 Å². The van der Waals surface area contributed by atoms with Gasteiger partial charge in [-0.3, -0.25) is 4.98 Å². The number of carbonyl (C=O) groups excluding carboxylic acids is 1. The molecule has 2 atom stereocenters. The third kappa shape index (κ3) is 4.77. The normalized spacial score (nSPS) is 13.2. The van der Waals surface area contributed by atoms with E-state index in [0.717, 1.165) is 5.56 Å². The predicted octanol–water partition coefficient (Wildman–Crippen LogP) is 1.62. The Morgan fingerprint density at radius 3 is 2.65 bits per heavy atom. The number of aromatic nitrogens is 1. The van der Waals surface area contributed by atoms with Crippen LogP contribution in [0.2, 0.25) is 0 Å². The van der Waals surface area contributed by atoms with Crippen molar-refractivity contribution in [1.82, 2.24) is 4.98 Å². The summed E-state index contributed by atoms with van der Waals surface area (Å²) in [7, 11) is 0. The zero-order valence-corrected chi connectivity index (χ0v) is 12.8. The number of rotatable bonds is 7. The number of pyridine rings is 1. The minimum atomic E-state index is -1.67. The summed E-state index contributed by atoms with van der Waals surface area (Å²) in [6, 6.07) is 11.1. The van der Waals surface area contributed by atoms with Crippen LogP contribution in [-0.4, -0.2) is 33.9 Å². The van der Waals surface area contributed by atoms with Crippen molar-refractivity contribution in [3.8, 4) is 5.75 Å². The van der Waals surface area contributed by atoms with Gasteiger partial charge in [-0.2, -0.15) is 0 Å². The second kappa shape index (κ2) is 8.26. The summed E-state index contributed by atoms with van der Waals surface area (Å²) in [6.07, 6.45) is -0.235. The van der Waals surface area contributed by atoms with Gasteiger partial charge in [-0.15, -0.1) is 0 Å². The number of aliphatic hydroxyl groups excluding tert-OH is 2. The van der Waals surface area contributed by atoms with E-state index in [1.54, 1.807) is 6.92 Å². The molecule has 0 saturated carbocycles. The summed E-state index contributed by atoms with van der Waals surface area (Å²) in [5.74, 6) is -0.447. The number of esters is 1. The van der Waals surface area contributed by atoms with Crippen LogP contribution in [0.4, 0.5) is 0 Å². The molecule has 0 amide bonds. The van der Waals surface area contributed by atoms with Crippen molar-refractivity contribution < 1.29 is 24.5 Å². The summed E-state index contributed by atoms with van der Waals surface area (Å²) < 4.78 is 10.3. The monoisotopic (exact) mass is 317 g/mol. The van der Waals surface area contributed by atoms with E-state index in [1.807, 2.05) is 30.3 Å². The zero-order chi connectivity index (χ0) is 16.7. The Morgan fingerprint density at radius 2 is 1.96 bits per heavy atom. The fourth-order valence-electron chi connectivity index (χ4n) is 1.96. The number of hydrogen-bond donors (Lipinski definition) is 2. The molecule has 0 aliphatic rings. The van der Waals surface area contributed by atoms with Crippen LogP contribution in [0.5, 0.6) is 5.75 Å². The third-order valence-electron chi connectivity index (χ3n) is 3.15. The average molecular weight is 317 g/mol. The quantitative estimate of drug-likeness (QED) is 0.754. The first-order valence-corrected chi connectivity index (χ1v) is 7.26. The molecule has 0 aliphatic heterocycles. The van der Waals surface area contributed by atoms with E-state index >= 15 is 0 Å². The second-order valence-corrected chi connectivity index (χ2v) is 4.87. The molecule has 0 saturated heterocycles. The van der Waals surface area contributed by atoms with Gasteiger partial charge in [0.1, 0.15) is 18.5 Å². The van der Waals surface area contributed by atoms with Crippen molar-refractivity contribution in [3.63, 3.8) is 0 Å². The first-order chi connectivity index (χ1) is 11.1. The Kier molecular flexibility index (Phi) is 6.08. The lowest BCUT2D eigenvalue weighted by molar-refractivity contribution is -0.159. The van der Waals surface area contributed by atoms with Crippen LogP contribution < -0.4 is 4.74 Å². The van der Waals surface area contributed by atoms with Gasteiger partial charge in [0.2, 0.25) is 0 Å². The third-order valence-corrected chi connectivity index (χ3v) is 3.15. The predicted molar refractivity (Wildman–Crippen MR) is 82.6 cm³/mol. The molecule has 1 aromatic carbocycles. The molecular formula is C17H19NO5. The lowest BCUT2D eigenvalue weighted by atomic mass is 10.1. The minimum absolute atomic E-state index is 0.126. The van der Waals surface area contributed by atoms with Gasteiger partial charge in [0.25, 0.3) is 0 Å². The number of aliphatic hydroxyl groups is 2. The number of ether oxygens (including phenoxy) is 2. The van der Waals surface area contributed by atoms with Gasteiger partial charge < -0.3 is 19.7 Å². The van der Waals surface area contributed by atoms with E-state index in [0.29, 0.717) is 12.4 Å². The zero-order valence-electron chi connectivity index (χ0n) is 12.8. The van der Waals surface area contributed by atoms with Gasteiger partial charge in [-0.05, 0) is 18.6 Å². The van der Waals surface area contributed by atoms with Crippen LogP contribution in [0.15, 0.2) is 48.8 Å². The van der Waals surface area contributed by atoms with E-state index in [-0.39, 0.29) is 12.2 Å². The Bertz CT molecular complexity index is 632. The highest BCUT2D eigenvalue weighted by atomic mass is 16.5. The van der Waals surface area contributed by atoms with Crippen molar-refractivity contribution in [2.24, 2.45) is 0 Å². The second-order valence-electron chi connectivity index (χ2n) is 4.87. The summed E-state index contributed by atoms with van der Waals surface area (Å²) in [5, 5.41) is 19.8. The first kappa shape index (κ1) is 16.9. The van der Waals surface area contributed by atoms with Crippen molar-refractivity contribution in [3.05, 3.63) is 59.9 Å². The smallest absolute Gasteiger partial charge is 0.338 e. The Hall–Kier alpha value is -2.44. The first-order valence-electron chi connectivity index (χ1n) is 7.26. The van der Waals surface area contributed by atoms with Crippen LogP contribution in [0, 0.1) is 0 Å².